The fraction of sp³-hybridized carbons (Fsp3) is 0.136. The Morgan fingerprint density at radius 1 is 1.06 bits per heavy atom. The van der Waals surface area contributed by atoms with Crippen molar-refractivity contribution in [2.75, 3.05) is 18.4 Å². The van der Waals surface area contributed by atoms with Crippen LogP contribution in [0.3, 0.4) is 0 Å². The van der Waals surface area contributed by atoms with Crippen LogP contribution in [-0.4, -0.2) is 43.8 Å². The number of rotatable bonds is 7. The minimum Gasteiger partial charge on any atom is -0.495 e. The summed E-state index contributed by atoms with van der Waals surface area (Å²) in [5.41, 5.74) is 1.53. The number of imide groups is 1. The van der Waals surface area contributed by atoms with Gasteiger partial charge in [-0.15, -0.1) is 0 Å². The van der Waals surface area contributed by atoms with Crippen LogP contribution in [0.15, 0.2) is 65.7 Å². The summed E-state index contributed by atoms with van der Waals surface area (Å²) in [6.45, 7) is 0.169. The van der Waals surface area contributed by atoms with E-state index < -0.39 is 15.9 Å². The number of fused-ring (bicyclic) bond motifs is 1. The highest BCUT2D eigenvalue weighted by Gasteiger charge is 2.36. The third-order valence-electron chi connectivity index (χ3n) is 4.99. The van der Waals surface area contributed by atoms with Gasteiger partial charge in [0.15, 0.2) is 0 Å². The van der Waals surface area contributed by atoms with Gasteiger partial charge < -0.3 is 4.74 Å². The number of carbonyl (C=O) groups excluding carboxylic acids is 2. The molecule has 164 valence electrons. The molecule has 8 nitrogen and oxygen atoms in total. The molecule has 4 rings (SSSR count). The molecule has 0 aliphatic carbocycles. The molecule has 1 aliphatic heterocycles. The van der Waals surface area contributed by atoms with Crippen molar-refractivity contribution in [2.45, 2.75) is 11.3 Å². The summed E-state index contributed by atoms with van der Waals surface area (Å²) >= 11 is 6.05. The Hall–Kier alpha value is -3.43. The van der Waals surface area contributed by atoms with Crippen LogP contribution in [0.25, 0.3) is 0 Å². The van der Waals surface area contributed by atoms with Gasteiger partial charge in [0.2, 0.25) is 0 Å². The van der Waals surface area contributed by atoms with E-state index in [1.54, 1.807) is 36.4 Å². The minimum atomic E-state index is -3.83. The van der Waals surface area contributed by atoms with Crippen LogP contribution in [-0.2, 0) is 16.4 Å². The number of pyridine rings is 1. The Morgan fingerprint density at radius 3 is 2.47 bits per heavy atom. The van der Waals surface area contributed by atoms with Gasteiger partial charge in [-0.1, -0.05) is 23.7 Å². The Kier molecular flexibility index (Phi) is 5.86. The number of methoxy groups -OCH3 is 1. The highest BCUT2D eigenvalue weighted by atomic mass is 35.5. The maximum absolute atomic E-state index is 12.7. The van der Waals surface area contributed by atoms with Gasteiger partial charge in [0.25, 0.3) is 21.8 Å². The molecule has 0 saturated carbocycles. The lowest BCUT2D eigenvalue weighted by Crippen LogP contribution is -2.31. The number of nitrogens with one attached hydrogen (secondary N) is 1. The number of nitrogens with zero attached hydrogens (tertiary/aromatic N) is 2. The molecule has 2 aromatic carbocycles. The summed E-state index contributed by atoms with van der Waals surface area (Å²) in [4.78, 5) is 30.0. The largest absolute Gasteiger partial charge is 0.495 e. The third-order valence-corrected chi connectivity index (χ3v) is 6.69. The predicted molar refractivity (Wildman–Crippen MR) is 119 cm³/mol. The van der Waals surface area contributed by atoms with Crippen LogP contribution >= 0.6 is 11.6 Å². The zero-order valence-electron chi connectivity index (χ0n) is 16.9. The summed E-state index contributed by atoms with van der Waals surface area (Å²) in [5, 5.41) is 0.284. The number of sulfonamides is 1. The molecular weight excluding hydrogens is 454 g/mol. The van der Waals surface area contributed by atoms with E-state index in [9.17, 15) is 18.0 Å². The number of ether oxygens (including phenoxy) is 1. The number of amides is 2. The molecule has 0 fully saturated rings. The number of halogens is 1. The average Bonchev–Trinajstić information content (AvgIpc) is 3.02. The van der Waals surface area contributed by atoms with Crippen molar-refractivity contribution >= 4 is 39.1 Å². The maximum Gasteiger partial charge on any atom is 0.280 e. The number of hydrogen-bond acceptors (Lipinski definition) is 6. The van der Waals surface area contributed by atoms with E-state index in [2.05, 4.69) is 9.71 Å². The molecule has 3 aromatic rings. The first-order chi connectivity index (χ1) is 15.3. The highest BCUT2D eigenvalue weighted by molar-refractivity contribution is 7.92. The molecule has 0 saturated heterocycles. The number of anilines is 1. The van der Waals surface area contributed by atoms with E-state index in [0.717, 1.165) is 10.5 Å². The number of hydrogen-bond donors (Lipinski definition) is 1. The van der Waals surface area contributed by atoms with Crippen molar-refractivity contribution in [2.24, 2.45) is 0 Å². The Labute approximate surface area is 189 Å². The standard InChI is InChI=1S/C22H18ClN3O5S/c1-31-19-9-6-15(13-18(19)23)25-32(29,30)16-7-4-14(5-8-16)10-12-26-21(27)17-3-2-11-24-20(17)22(26)28/h2-9,11,13,25H,10,12H2,1H3. The monoisotopic (exact) mass is 471 g/mol. The van der Waals surface area contributed by atoms with E-state index in [1.807, 2.05) is 0 Å². The molecule has 0 unspecified atom stereocenters. The number of benzene rings is 2. The molecule has 32 heavy (non-hydrogen) atoms. The first kappa shape index (κ1) is 21.8. The summed E-state index contributed by atoms with van der Waals surface area (Å²) < 4.78 is 32.9. The van der Waals surface area contributed by atoms with Crippen molar-refractivity contribution < 1.29 is 22.7 Å². The molecule has 0 radical (unpaired) electrons. The Bertz CT molecular complexity index is 1270. The lowest BCUT2D eigenvalue weighted by atomic mass is 10.1. The number of carbonyl (C=O) groups is 2. The Balaban J connectivity index is 1.42. The first-order valence-corrected chi connectivity index (χ1v) is 11.4. The van der Waals surface area contributed by atoms with Crippen molar-refractivity contribution in [3.8, 4) is 5.75 Å². The van der Waals surface area contributed by atoms with Gasteiger partial charge in [0, 0.05) is 12.7 Å². The molecular formula is C22H18ClN3O5S. The van der Waals surface area contributed by atoms with Crippen LogP contribution in [0, 0.1) is 0 Å². The van der Waals surface area contributed by atoms with Crippen LogP contribution in [0.5, 0.6) is 5.75 Å². The van der Waals surface area contributed by atoms with Crippen molar-refractivity contribution in [1.29, 1.82) is 0 Å². The van der Waals surface area contributed by atoms with E-state index >= 15 is 0 Å². The molecule has 2 heterocycles. The first-order valence-electron chi connectivity index (χ1n) is 9.56. The van der Waals surface area contributed by atoms with Gasteiger partial charge in [0.05, 0.1) is 28.3 Å². The molecule has 0 bridgehead atoms. The summed E-state index contributed by atoms with van der Waals surface area (Å²) in [6, 6.07) is 14.0. The highest BCUT2D eigenvalue weighted by Crippen LogP contribution is 2.28. The molecule has 1 aliphatic rings. The van der Waals surface area contributed by atoms with Gasteiger partial charge in [-0.05, 0) is 54.4 Å². The van der Waals surface area contributed by atoms with E-state index in [-0.39, 0.29) is 28.1 Å². The summed E-state index contributed by atoms with van der Waals surface area (Å²) in [5.74, 6) is -0.361. The third kappa shape index (κ3) is 4.17. The topological polar surface area (TPSA) is 106 Å². The predicted octanol–water partition coefficient (Wildman–Crippen LogP) is 3.38. The summed E-state index contributed by atoms with van der Waals surface area (Å²) in [6.07, 6.45) is 1.86. The fourth-order valence-electron chi connectivity index (χ4n) is 3.34. The second kappa shape index (κ2) is 8.60. The van der Waals surface area contributed by atoms with Crippen molar-refractivity contribution in [1.82, 2.24) is 9.88 Å². The van der Waals surface area contributed by atoms with E-state index in [0.29, 0.717) is 23.4 Å². The lowest BCUT2D eigenvalue weighted by molar-refractivity contribution is 0.0654. The SMILES string of the molecule is COc1ccc(NS(=O)(=O)c2ccc(CCN3C(=O)c4cccnc4C3=O)cc2)cc1Cl. The van der Waals surface area contributed by atoms with Gasteiger partial charge in [-0.3, -0.25) is 24.2 Å². The van der Waals surface area contributed by atoms with Gasteiger partial charge in [-0.2, -0.15) is 0 Å². The van der Waals surface area contributed by atoms with Gasteiger partial charge in [0.1, 0.15) is 11.4 Å². The lowest BCUT2D eigenvalue weighted by Gasteiger charge is -2.14. The summed E-state index contributed by atoms with van der Waals surface area (Å²) in [7, 11) is -2.36. The van der Waals surface area contributed by atoms with Crippen LogP contribution in [0.4, 0.5) is 5.69 Å². The molecule has 2 amide bonds. The maximum atomic E-state index is 12.7. The zero-order chi connectivity index (χ0) is 22.9. The smallest absolute Gasteiger partial charge is 0.280 e. The molecule has 10 heteroatoms. The van der Waals surface area contributed by atoms with Gasteiger partial charge >= 0.3 is 0 Å². The van der Waals surface area contributed by atoms with E-state index in [1.165, 1.54) is 31.5 Å². The second-order valence-corrected chi connectivity index (χ2v) is 9.10. The van der Waals surface area contributed by atoms with Crippen LogP contribution < -0.4 is 9.46 Å². The van der Waals surface area contributed by atoms with Crippen molar-refractivity contribution in [3.63, 3.8) is 0 Å². The van der Waals surface area contributed by atoms with E-state index in [4.69, 9.17) is 16.3 Å². The van der Waals surface area contributed by atoms with Crippen LogP contribution in [0.1, 0.15) is 26.4 Å². The normalized spacial score (nSPS) is 13.2. The van der Waals surface area contributed by atoms with Gasteiger partial charge in [-0.25, -0.2) is 8.42 Å². The zero-order valence-corrected chi connectivity index (χ0v) is 18.5. The minimum absolute atomic E-state index is 0.0677. The molecule has 1 aromatic heterocycles. The fourth-order valence-corrected chi connectivity index (χ4v) is 4.64. The number of aromatic nitrogens is 1. The Morgan fingerprint density at radius 2 is 1.81 bits per heavy atom. The second-order valence-electron chi connectivity index (χ2n) is 7.01. The molecule has 1 N–H and O–H groups in total. The van der Waals surface area contributed by atoms with Crippen LogP contribution in [0.2, 0.25) is 5.02 Å². The average molecular weight is 472 g/mol. The quantitative estimate of drug-likeness (QED) is 0.529. The molecule has 0 atom stereocenters. The molecule has 0 spiro atoms. The van der Waals surface area contributed by atoms with Crippen molar-refractivity contribution in [3.05, 3.63) is 82.6 Å².